The largest absolute Gasteiger partial charge is 0.497 e. The van der Waals surface area contributed by atoms with Crippen molar-refractivity contribution in [3.63, 3.8) is 0 Å². The number of hydrogen-bond donors (Lipinski definition) is 0. The second-order valence-electron chi connectivity index (χ2n) is 7.78. The van der Waals surface area contributed by atoms with Crippen molar-refractivity contribution in [3.8, 4) is 5.75 Å². The van der Waals surface area contributed by atoms with Crippen molar-refractivity contribution in [3.05, 3.63) is 124 Å². The van der Waals surface area contributed by atoms with Gasteiger partial charge in [0, 0.05) is 40.6 Å². The molecule has 0 N–H and O–H groups in total. The Kier molecular flexibility index (Phi) is 7.38. The summed E-state index contributed by atoms with van der Waals surface area (Å²) in [6.45, 7) is 1.58. The maximum absolute atomic E-state index is 13.5. The van der Waals surface area contributed by atoms with Gasteiger partial charge in [-0.25, -0.2) is 0 Å². The summed E-state index contributed by atoms with van der Waals surface area (Å²) in [5, 5.41) is 0.874. The van der Waals surface area contributed by atoms with Gasteiger partial charge in [-0.15, -0.1) is 0 Å². The van der Waals surface area contributed by atoms with Crippen molar-refractivity contribution in [2.24, 2.45) is 0 Å². The lowest BCUT2D eigenvalue weighted by Crippen LogP contribution is -2.31. The number of hydrogen-bond acceptors (Lipinski definition) is 2. The Morgan fingerprint density at radius 2 is 1.58 bits per heavy atom. The van der Waals surface area contributed by atoms with E-state index in [9.17, 15) is 4.79 Å². The zero-order valence-electron chi connectivity index (χ0n) is 18.2. The summed E-state index contributed by atoms with van der Waals surface area (Å²) in [6.07, 6.45) is 2.02. The minimum Gasteiger partial charge on any atom is -0.497 e. The van der Waals surface area contributed by atoms with Gasteiger partial charge in [0.15, 0.2) is 0 Å². The number of rotatable bonds is 8. The van der Waals surface area contributed by atoms with Crippen LogP contribution in [0, 0.1) is 0 Å². The molecular formula is C27H24Cl2N2O2. The minimum absolute atomic E-state index is 0.127. The molecule has 1 amide bonds. The Morgan fingerprint density at radius 3 is 2.30 bits per heavy atom. The van der Waals surface area contributed by atoms with Crippen LogP contribution in [0.5, 0.6) is 5.75 Å². The maximum Gasteiger partial charge on any atom is 0.254 e. The molecule has 6 heteroatoms. The number of aromatic nitrogens is 1. The van der Waals surface area contributed by atoms with Crippen LogP contribution >= 0.6 is 23.2 Å². The second kappa shape index (κ2) is 10.6. The molecule has 0 aliphatic heterocycles. The summed E-state index contributed by atoms with van der Waals surface area (Å²) in [6, 6.07) is 26.9. The second-order valence-corrected chi connectivity index (χ2v) is 8.66. The summed E-state index contributed by atoms with van der Waals surface area (Å²) < 4.78 is 7.50. The van der Waals surface area contributed by atoms with E-state index >= 15 is 0 Å². The molecule has 0 aliphatic carbocycles. The number of ether oxygens (including phenoxy) is 1. The van der Waals surface area contributed by atoms with Gasteiger partial charge in [0.2, 0.25) is 0 Å². The lowest BCUT2D eigenvalue weighted by Gasteiger charge is -2.24. The highest BCUT2D eigenvalue weighted by Gasteiger charge is 2.19. The first-order valence-electron chi connectivity index (χ1n) is 10.6. The molecule has 4 rings (SSSR count). The Bertz CT molecular complexity index is 1220. The van der Waals surface area contributed by atoms with Gasteiger partial charge in [-0.3, -0.25) is 4.79 Å². The highest BCUT2D eigenvalue weighted by Crippen LogP contribution is 2.23. The van der Waals surface area contributed by atoms with Gasteiger partial charge in [-0.1, -0.05) is 65.7 Å². The molecule has 0 aliphatic rings. The zero-order chi connectivity index (χ0) is 23.2. The zero-order valence-corrected chi connectivity index (χ0v) is 19.8. The van der Waals surface area contributed by atoms with Crippen molar-refractivity contribution in [2.75, 3.05) is 7.11 Å². The maximum atomic E-state index is 13.5. The molecule has 0 radical (unpaired) electrons. The van der Waals surface area contributed by atoms with Gasteiger partial charge in [-0.2, -0.15) is 0 Å². The first-order chi connectivity index (χ1) is 16.0. The summed E-state index contributed by atoms with van der Waals surface area (Å²) >= 11 is 12.3. The monoisotopic (exact) mass is 478 g/mol. The highest BCUT2D eigenvalue weighted by atomic mass is 35.5. The number of nitrogens with zero attached hydrogens (tertiary/aromatic N) is 2. The summed E-state index contributed by atoms with van der Waals surface area (Å²) in [5.41, 5.74) is 3.66. The van der Waals surface area contributed by atoms with E-state index in [-0.39, 0.29) is 5.91 Å². The third kappa shape index (κ3) is 5.98. The molecule has 0 spiro atoms. The predicted molar refractivity (Wildman–Crippen MR) is 133 cm³/mol. The fraction of sp³-hybridized carbons (Fsp3) is 0.148. The quantitative estimate of drug-likeness (QED) is 0.282. The van der Waals surface area contributed by atoms with E-state index < -0.39 is 0 Å². The molecule has 4 nitrogen and oxygen atoms in total. The van der Waals surface area contributed by atoms with Crippen LogP contribution in [0.15, 0.2) is 91.1 Å². The topological polar surface area (TPSA) is 34.5 Å². The van der Waals surface area contributed by atoms with Gasteiger partial charge in [0.25, 0.3) is 5.91 Å². The van der Waals surface area contributed by atoms with E-state index in [1.807, 2.05) is 71.8 Å². The lowest BCUT2D eigenvalue weighted by molar-refractivity contribution is 0.0726. The molecule has 0 unspecified atom stereocenters. The third-order valence-corrected chi connectivity index (χ3v) is 5.81. The van der Waals surface area contributed by atoms with Gasteiger partial charge in [0.1, 0.15) is 5.75 Å². The number of halogens is 2. The first-order valence-corrected chi connectivity index (χ1v) is 11.3. The molecular weight excluding hydrogens is 455 g/mol. The molecule has 33 heavy (non-hydrogen) atoms. The fourth-order valence-electron chi connectivity index (χ4n) is 3.77. The smallest absolute Gasteiger partial charge is 0.254 e. The minimum atomic E-state index is -0.127. The van der Waals surface area contributed by atoms with E-state index in [0.717, 1.165) is 22.6 Å². The molecule has 4 aromatic rings. The van der Waals surface area contributed by atoms with Gasteiger partial charge < -0.3 is 14.2 Å². The van der Waals surface area contributed by atoms with E-state index in [4.69, 9.17) is 27.9 Å². The Hall–Kier alpha value is -3.21. The predicted octanol–water partition coefficient (Wildman–Crippen LogP) is 6.69. The van der Waals surface area contributed by atoms with Crippen LogP contribution in [-0.2, 0) is 19.6 Å². The number of carbonyl (C=O) groups is 1. The molecule has 0 saturated carbocycles. The van der Waals surface area contributed by atoms with Gasteiger partial charge in [-0.05, 0) is 53.6 Å². The van der Waals surface area contributed by atoms with E-state index in [1.165, 1.54) is 0 Å². The van der Waals surface area contributed by atoms with Crippen molar-refractivity contribution < 1.29 is 9.53 Å². The van der Waals surface area contributed by atoms with Crippen LogP contribution in [0.4, 0.5) is 0 Å². The standard InChI is InChI=1S/C27H24Cl2N2O2/c1-33-26-11-5-9-21(13-26)18-30-12-6-10-25(30)19-31(17-20-7-3-2-4-8-20)27(32)22-14-23(28)16-24(29)15-22/h2-16H,17-19H2,1H3. The molecule has 0 atom stereocenters. The SMILES string of the molecule is COc1cccc(Cn2cccc2CN(Cc2ccccc2)C(=O)c2cc(Cl)cc(Cl)c2)c1. The van der Waals surface area contributed by atoms with E-state index in [2.05, 4.69) is 10.6 Å². The number of amides is 1. The Morgan fingerprint density at radius 1 is 0.848 bits per heavy atom. The summed E-state index contributed by atoms with van der Waals surface area (Å²) in [5.74, 6) is 0.692. The Labute approximate surface area is 203 Å². The van der Waals surface area contributed by atoms with Crippen molar-refractivity contribution >= 4 is 29.1 Å². The van der Waals surface area contributed by atoms with Crippen LogP contribution in [-0.4, -0.2) is 22.5 Å². The average molecular weight is 479 g/mol. The van der Waals surface area contributed by atoms with E-state index in [0.29, 0.717) is 35.2 Å². The number of benzene rings is 3. The lowest BCUT2D eigenvalue weighted by atomic mass is 10.1. The molecule has 3 aromatic carbocycles. The van der Waals surface area contributed by atoms with Crippen LogP contribution < -0.4 is 4.74 Å². The number of methoxy groups -OCH3 is 1. The average Bonchev–Trinajstić information content (AvgIpc) is 3.24. The van der Waals surface area contributed by atoms with Crippen molar-refractivity contribution in [1.29, 1.82) is 0 Å². The number of carbonyl (C=O) groups excluding carboxylic acids is 1. The fourth-order valence-corrected chi connectivity index (χ4v) is 4.30. The van der Waals surface area contributed by atoms with Crippen molar-refractivity contribution in [1.82, 2.24) is 9.47 Å². The summed E-state index contributed by atoms with van der Waals surface area (Å²) in [7, 11) is 1.66. The van der Waals surface area contributed by atoms with Crippen LogP contribution in [0.25, 0.3) is 0 Å². The Balaban J connectivity index is 1.62. The van der Waals surface area contributed by atoms with E-state index in [1.54, 1.807) is 25.3 Å². The molecule has 0 fully saturated rings. The summed E-state index contributed by atoms with van der Waals surface area (Å²) in [4.78, 5) is 15.3. The first kappa shape index (κ1) is 23.0. The molecule has 0 saturated heterocycles. The van der Waals surface area contributed by atoms with Crippen LogP contribution in [0.2, 0.25) is 10.0 Å². The van der Waals surface area contributed by atoms with Gasteiger partial charge >= 0.3 is 0 Å². The molecule has 0 bridgehead atoms. The third-order valence-electron chi connectivity index (χ3n) is 5.38. The van der Waals surface area contributed by atoms with Crippen LogP contribution in [0.3, 0.4) is 0 Å². The molecule has 168 valence electrons. The molecule has 1 aromatic heterocycles. The van der Waals surface area contributed by atoms with Crippen molar-refractivity contribution in [2.45, 2.75) is 19.6 Å². The van der Waals surface area contributed by atoms with Gasteiger partial charge in [0.05, 0.1) is 13.7 Å². The highest BCUT2D eigenvalue weighted by molar-refractivity contribution is 6.35. The molecule has 1 heterocycles. The van der Waals surface area contributed by atoms with Crippen LogP contribution in [0.1, 0.15) is 27.2 Å². The normalized spacial score (nSPS) is 10.8.